The first-order valence-electron chi connectivity index (χ1n) is 9.80. The number of aryl methyl sites for hydroxylation is 1. The van der Waals surface area contributed by atoms with E-state index in [0.717, 1.165) is 49.6 Å². The first-order valence-corrected chi connectivity index (χ1v) is 9.80. The van der Waals surface area contributed by atoms with Crippen molar-refractivity contribution in [2.75, 3.05) is 19.7 Å². The SMILES string of the molecule is CCCC(CCO)CNC(=NCc1coc(-c2ccc(C)cc2)n1)NCC. The van der Waals surface area contributed by atoms with Crippen LogP contribution in [0.25, 0.3) is 11.5 Å². The van der Waals surface area contributed by atoms with Crippen LogP contribution < -0.4 is 10.6 Å². The van der Waals surface area contributed by atoms with Gasteiger partial charge in [0.2, 0.25) is 5.89 Å². The van der Waals surface area contributed by atoms with E-state index in [9.17, 15) is 5.11 Å². The molecule has 0 saturated heterocycles. The molecule has 0 aliphatic heterocycles. The van der Waals surface area contributed by atoms with E-state index in [4.69, 9.17) is 4.42 Å². The zero-order chi connectivity index (χ0) is 19.5. The quantitative estimate of drug-likeness (QED) is 0.439. The molecular weight excluding hydrogens is 340 g/mol. The molecule has 0 bridgehead atoms. The fourth-order valence-electron chi connectivity index (χ4n) is 2.89. The highest BCUT2D eigenvalue weighted by Gasteiger charge is 2.09. The van der Waals surface area contributed by atoms with Crippen molar-refractivity contribution in [2.45, 2.75) is 46.6 Å². The third kappa shape index (κ3) is 7.06. The maximum Gasteiger partial charge on any atom is 0.226 e. The summed E-state index contributed by atoms with van der Waals surface area (Å²) < 4.78 is 5.60. The second-order valence-electron chi connectivity index (χ2n) is 6.75. The van der Waals surface area contributed by atoms with Gasteiger partial charge < -0.3 is 20.2 Å². The third-order valence-corrected chi connectivity index (χ3v) is 4.39. The molecule has 1 heterocycles. The van der Waals surface area contributed by atoms with Gasteiger partial charge in [-0.25, -0.2) is 9.98 Å². The van der Waals surface area contributed by atoms with Gasteiger partial charge in [0.05, 0.1) is 6.54 Å². The lowest BCUT2D eigenvalue weighted by Crippen LogP contribution is -2.40. The van der Waals surface area contributed by atoms with Crippen molar-refractivity contribution < 1.29 is 9.52 Å². The van der Waals surface area contributed by atoms with E-state index in [-0.39, 0.29) is 6.61 Å². The Bertz CT molecular complexity index is 688. The van der Waals surface area contributed by atoms with E-state index in [1.165, 1.54) is 5.56 Å². The molecular formula is C21H32N4O2. The van der Waals surface area contributed by atoms with Crippen molar-refractivity contribution in [3.63, 3.8) is 0 Å². The van der Waals surface area contributed by atoms with Gasteiger partial charge in [0.1, 0.15) is 12.0 Å². The van der Waals surface area contributed by atoms with Gasteiger partial charge in [-0.2, -0.15) is 0 Å². The molecule has 0 saturated carbocycles. The summed E-state index contributed by atoms with van der Waals surface area (Å²) in [5.74, 6) is 1.82. The van der Waals surface area contributed by atoms with Gasteiger partial charge in [-0.15, -0.1) is 0 Å². The first-order chi connectivity index (χ1) is 13.2. The van der Waals surface area contributed by atoms with E-state index in [1.807, 2.05) is 31.2 Å². The Balaban J connectivity index is 1.96. The predicted octanol–water partition coefficient (Wildman–Crippen LogP) is 3.50. The first kappa shape index (κ1) is 21.0. The van der Waals surface area contributed by atoms with Crippen LogP contribution >= 0.6 is 0 Å². The fraction of sp³-hybridized carbons (Fsp3) is 0.524. The summed E-state index contributed by atoms with van der Waals surface area (Å²) >= 11 is 0. The number of benzene rings is 1. The minimum absolute atomic E-state index is 0.223. The molecule has 3 N–H and O–H groups in total. The molecule has 0 amide bonds. The zero-order valence-corrected chi connectivity index (χ0v) is 16.7. The monoisotopic (exact) mass is 372 g/mol. The molecule has 1 unspecified atom stereocenters. The zero-order valence-electron chi connectivity index (χ0n) is 16.7. The van der Waals surface area contributed by atoms with Crippen LogP contribution in [0.5, 0.6) is 0 Å². The molecule has 0 radical (unpaired) electrons. The smallest absolute Gasteiger partial charge is 0.226 e. The summed E-state index contributed by atoms with van der Waals surface area (Å²) in [6, 6.07) is 8.11. The molecule has 2 rings (SSSR count). The van der Waals surface area contributed by atoms with Gasteiger partial charge in [-0.1, -0.05) is 31.0 Å². The summed E-state index contributed by atoms with van der Waals surface area (Å²) in [6.45, 7) is 8.52. The number of oxazole rings is 1. The molecule has 148 valence electrons. The number of aliphatic hydroxyl groups excluding tert-OH is 1. The van der Waals surface area contributed by atoms with Crippen LogP contribution in [0.2, 0.25) is 0 Å². The number of rotatable bonds is 10. The largest absolute Gasteiger partial charge is 0.444 e. The molecule has 6 nitrogen and oxygen atoms in total. The van der Waals surface area contributed by atoms with E-state index in [2.05, 4.69) is 34.5 Å². The summed E-state index contributed by atoms with van der Waals surface area (Å²) in [5, 5.41) is 15.8. The lowest BCUT2D eigenvalue weighted by Gasteiger charge is -2.18. The number of hydrogen-bond acceptors (Lipinski definition) is 4. The second-order valence-corrected chi connectivity index (χ2v) is 6.75. The van der Waals surface area contributed by atoms with Crippen LogP contribution in [0.4, 0.5) is 0 Å². The Kier molecular flexibility index (Phi) is 8.84. The van der Waals surface area contributed by atoms with E-state index in [1.54, 1.807) is 6.26 Å². The Morgan fingerprint density at radius 1 is 1.19 bits per heavy atom. The number of aromatic nitrogens is 1. The molecule has 1 atom stereocenters. The van der Waals surface area contributed by atoms with Crippen LogP contribution in [-0.4, -0.2) is 35.7 Å². The summed E-state index contributed by atoms with van der Waals surface area (Å²) in [6.07, 6.45) is 4.67. The molecule has 2 aromatic rings. The molecule has 1 aromatic carbocycles. The Morgan fingerprint density at radius 3 is 2.63 bits per heavy atom. The van der Waals surface area contributed by atoms with E-state index >= 15 is 0 Å². The van der Waals surface area contributed by atoms with Crippen LogP contribution in [0.1, 0.15) is 44.4 Å². The number of aliphatic hydroxyl groups is 1. The third-order valence-electron chi connectivity index (χ3n) is 4.39. The van der Waals surface area contributed by atoms with Crippen LogP contribution in [0.15, 0.2) is 39.9 Å². The van der Waals surface area contributed by atoms with Gasteiger partial charge >= 0.3 is 0 Å². The Labute approximate surface area is 162 Å². The Morgan fingerprint density at radius 2 is 1.96 bits per heavy atom. The van der Waals surface area contributed by atoms with Crippen molar-refractivity contribution in [2.24, 2.45) is 10.9 Å². The van der Waals surface area contributed by atoms with Gasteiger partial charge in [-0.3, -0.25) is 0 Å². The van der Waals surface area contributed by atoms with Crippen molar-refractivity contribution in [3.05, 3.63) is 41.8 Å². The van der Waals surface area contributed by atoms with Crippen molar-refractivity contribution in [1.29, 1.82) is 0 Å². The number of guanidine groups is 1. The summed E-state index contributed by atoms with van der Waals surface area (Å²) in [5.41, 5.74) is 2.97. The lowest BCUT2D eigenvalue weighted by atomic mass is 10.0. The minimum Gasteiger partial charge on any atom is -0.444 e. The van der Waals surface area contributed by atoms with Crippen LogP contribution in [0, 0.1) is 12.8 Å². The van der Waals surface area contributed by atoms with Crippen LogP contribution in [-0.2, 0) is 6.54 Å². The molecule has 27 heavy (non-hydrogen) atoms. The number of hydrogen-bond donors (Lipinski definition) is 3. The number of aliphatic imine (C=N–C) groups is 1. The average molecular weight is 373 g/mol. The minimum atomic E-state index is 0.223. The number of nitrogens with zero attached hydrogens (tertiary/aromatic N) is 2. The molecule has 1 aromatic heterocycles. The second kappa shape index (κ2) is 11.4. The maximum atomic E-state index is 9.20. The fourth-order valence-corrected chi connectivity index (χ4v) is 2.89. The predicted molar refractivity (Wildman–Crippen MR) is 110 cm³/mol. The summed E-state index contributed by atoms with van der Waals surface area (Å²) in [4.78, 5) is 9.14. The highest BCUT2D eigenvalue weighted by molar-refractivity contribution is 5.79. The van der Waals surface area contributed by atoms with Crippen molar-refractivity contribution in [1.82, 2.24) is 15.6 Å². The molecule has 0 aliphatic carbocycles. The topological polar surface area (TPSA) is 82.7 Å². The maximum absolute atomic E-state index is 9.20. The number of nitrogens with one attached hydrogen (secondary N) is 2. The van der Waals surface area contributed by atoms with Crippen molar-refractivity contribution >= 4 is 5.96 Å². The van der Waals surface area contributed by atoms with Crippen LogP contribution in [0.3, 0.4) is 0 Å². The highest BCUT2D eigenvalue weighted by Crippen LogP contribution is 2.19. The molecule has 6 heteroatoms. The molecule has 0 spiro atoms. The highest BCUT2D eigenvalue weighted by atomic mass is 16.3. The van der Waals surface area contributed by atoms with Gasteiger partial charge in [0.15, 0.2) is 5.96 Å². The van der Waals surface area contributed by atoms with Gasteiger partial charge in [0, 0.05) is 25.3 Å². The normalized spacial score (nSPS) is 12.8. The molecule has 0 aliphatic rings. The standard InChI is InChI=1S/C21H32N4O2/c1-4-6-17(11-12-26)13-23-21(22-5-2)24-14-19-15-27-20(25-19)18-9-7-16(3)8-10-18/h7-10,15,17,26H,4-6,11-14H2,1-3H3,(H2,22,23,24). The van der Waals surface area contributed by atoms with E-state index in [0.29, 0.717) is 18.4 Å². The average Bonchev–Trinajstić information content (AvgIpc) is 3.14. The lowest BCUT2D eigenvalue weighted by molar-refractivity contribution is 0.251. The van der Waals surface area contributed by atoms with E-state index < -0.39 is 0 Å². The van der Waals surface area contributed by atoms with Crippen molar-refractivity contribution in [3.8, 4) is 11.5 Å². The molecule has 0 fully saturated rings. The van der Waals surface area contributed by atoms with Gasteiger partial charge in [-0.05, 0) is 44.7 Å². The Hall–Kier alpha value is -2.34. The summed E-state index contributed by atoms with van der Waals surface area (Å²) in [7, 11) is 0. The van der Waals surface area contributed by atoms with Gasteiger partial charge in [0.25, 0.3) is 0 Å².